The van der Waals surface area contributed by atoms with Gasteiger partial charge in [0.1, 0.15) is 5.75 Å². The summed E-state index contributed by atoms with van der Waals surface area (Å²) < 4.78 is 1.58. The average molecular weight is 309 g/mol. The molecule has 0 saturated heterocycles. The third kappa shape index (κ3) is 2.45. The van der Waals surface area contributed by atoms with Crippen molar-refractivity contribution >= 4 is 31.9 Å². The predicted octanol–water partition coefficient (Wildman–Crippen LogP) is 3.33. The van der Waals surface area contributed by atoms with Crippen molar-refractivity contribution in [2.75, 3.05) is 0 Å². The smallest absolute Gasteiger partial charge is 0.134 e. The molecule has 1 aromatic carbocycles. The standard InChI is InChI=1S/C9H11Br2NO/c1-2-8(12)6-3-5(10)4-7(11)9(6)13/h3-4,8,13H,2,12H2,1H3/t8-/m0/s1. The molecule has 0 radical (unpaired) electrons. The molecule has 13 heavy (non-hydrogen) atoms. The molecule has 0 bridgehead atoms. The van der Waals surface area contributed by atoms with Crippen molar-refractivity contribution in [1.29, 1.82) is 0 Å². The molecule has 1 atom stereocenters. The van der Waals surface area contributed by atoms with E-state index in [9.17, 15) is 5.11 Å². The molecule has 0 aliphatic heterocycles. The molecule has 0 heterocycles. The number of halogens is 2. The van der Waals surface area contributed by atoms with Crippen molar-refractivity contribution in [3.63, 3.8) is 0 Å². The van der Waals surface area contributed by atoms with Gasteiger partial charge < -0.3 is 10.8 Å². The Morgan fingerprint density at radius 1 is 1.46 bits per heavy atom. The van der Waals surface area contributed by atoms with Crippen LogP contribution in [-0.4, -0.2) is 5.11 Å². The molecule has 0 spiro atoms. The van der Waals surface area contributed by atoms with Gasteiger partial charge in [-0.15, -0.1) is 0 Å². The van der Waals surface area contributed by atoms with E-state index in [1.165, 1.54) is 0 Å². The Bertz CT molecular complexity index is 315. The number of benzene rings is 1. The Balaban J connectivity index is 3.20. The highest BCUT2D eigenvalue weighted by molar-refractivity contribution is 9.11. The number of phenols is 1. The van der Waals surface area contributed by atoms with Gasteiger partial charge in [0.05, 0.1) is 4.47 Å². The zero-order chi connectivity index (χ0) is 10.0. The van der Waals surface area contributed by atoms with E-state index in [0.29, 0.717) is 4.47 Å². The summed E-state index contributed by atoms with van der Waals surface area (Å²) in [7, 11) is 0. The lowest BCUT2D eigenvalue weighted by atomic mass is 10.0. The molecule has 4 heteroatoms. The highest BCUT2D eigenvalue weighted by Gasteiger charge is 2.12. The van der Waals surface area contributed by atoms with Crippen molar-refractivity contribution in [2.45, 2.75) is 19.4 Å². The first-order valence-electron chi connectivity index (χ1n) is 3.99. The van der Waals surface area contributed by atoms with Crippen molar-refractivity contribution < 1.29 is 5.11 Å². The summed E-state index contributed by atoms with van der Waals surface area (Å²) in [6, 6.07) is 3.52. The highest BCUT2D eigenvalue weighted by atomic mass is 79.9. The molecule has 72 valence electrons. The Hall–Kier alpha value is -0.0600. The number of rotatable bonds is 2. The van der Waals surface area contributed by atoms with Crippen LogP contribution in [0.2, 0.25) is 0 Å². The van der Waals surface area contributed by atoms with Crippen LogP contribution in [0.4, 0.5) is 0 Å². The van der Waals surface area contributed by atoms with Crippen LogP contribution in [0.1, 0.15) is 24.9 Å². The van der Waals surface area contributed by atoms with Crippen molar-refractivity contribution in [1.82, 2.24) is 0 Å². The largest absolute Gasteiger partial charge is 0.506 e. The topological polar surface area (TPSA) is 46.2 Å². The molecular formula is C9H11Br2NO. The van der Waals surface area contributed by atoms with Gasteiger partial charge in [0, 0.05) is 16.1 Å². The third-order valence-electron chi connectivity index (χ3n) is 1.90. The van der Waals surface area contributed by atoms with Crippen molar-refractivity contribution in [3.05, 3.63) is 26.6 Å². The fourth-order valence-corrected chi connectivity index (χ4v) is 2.35. The van der Waals surface area contributed by atoms with Crippen LogP contribution in [0, 0.1) is 0 Å². The molecular weight excluding hydrogens is 298 g/mol. The summed E-state index contributed by atoms with van der Waals surface area (Å²) in [6.07, 6.45) is 0.802. The summed E-state index contributed by atoms with van der Waals surface area (Å²) in [6.45, 7) is 1.99. The zero-order valence-electron chi connectivity index (χ0n) is 7.22. The lowest BCUT2D eigenvalue weighted by Crippen LogP contribution is -2.08. The molecule has 0 aromatic heterocycles. The van der Waals surface area contributed by atoms with E-state index >= 15 is 0 Å². The predicted molar refractivity (Wildman–Crippen MR) is 60.7 cm³/mol. The lowest BCUT2D eigenvalue weighted by Gasteiger charge is -2.12. The van der Waals surface area contributed by atoms with Gasteiger partial charge in [0.25, 0.3) is 0 Å². The van der Waals surface area contributed by atoms with Crippen LogP contribution in [-0.2, 0) is 0 Å². The molecule has 0 unspecified atom stereocenters. The minimum absolute atomic E-state index is 0.117. The van der Waals surface area contributed by atoms with Crippen LogP contribution in [0.15, 0.2) is 21.1 Å². The van der Waals surface area contributed by atoms with Gasteiger partial charge in [-0.05, 0) is 34.5 Å². The van der Waals surface area contributed by atoms with Crippen LogP contribution < -0.4 is 5.73 Å². The van der Waals surface area contributed by atoms with Gasteiger partial charge in [-0.2, -0.15) is 0 Å². The van der Waals surface area contributed by atoms with E-state index in [1.54, 1.807) is 6.07 Å². The molecule has 0 amide bonds. The monoisotopic (exact) mass is 307 g/mol. The summed E-state index contributed by atoms with van der Waals surface area (Å²) >= 11 is 6.61. The van der Waals surface area contributed by atoms with E-state index in [2.05, 4.69) is 31.9 Å². The molecule has 1 aromatic rings. The van der Waals surface area contributed by atoms with Gasteiger partial charge in [-0.1, -0.05) is 22.9 Å². The van der Waals surface area contributed by atoms with Gasteiger partial charge in [-0.25, -0.2) is 0 Å². The second kappa shape index (κ2) is 4.44. The van der Waals surface area contributed by atoms with Gasteiger partial charge in [0.2, 0.25) is 0 Å². The fourth-order valence-electron chi connectivity index (χ4n) is 1.09. The number of nitrogens with two attached hydrogens (primary N) is 1. The minimum atomic E-state index is -0.117. The second-order valence-corrected chi connectivity index (χ2v) is 4.61. The molecule has 0 aliphatic carbocycles. The summed E-state index contributed by atoms with van der Waals surface area (Å²) in [4.78, 5) is 0. The Kier molecular flexibility index (Phi) is 3.76. The van der Waals surface area contributed by atoms with E-state index in [1.807, 2.05) is 13.0 Å². The zero-order valence-corrected chi connectivity index (χ0v) is 10.4. The Morgan fingerprint density at radius 3 is 2.62 bits per heavy atom. The first kappa shape index (κ1) is 11.0. The fraction of sp³-hybridized carbons (Fsp3) is 0.333. The van der Waals surface area contributed by atoms with Crippen molar-refractivity contribution in [3.8, 4) is 5.75 Å². The minimum Gasteiger partial charge on any atom is -0.506 e. The van der Waals surface area contributed by atoms with Crippen molar-refractivity contribution in [2.24, 2.45) is 5.73 Å². The second-order valence-electron chi connectivity index (χ2n) is 2.84. The maximum absolute atomic E-state index is 9.68. The summed E-state index contributed by atoms with van der Waals surface area (Å²) in [5, 5.41) is 9.68. The average Bonchev–Trinajstić information content (AvgIpc) is 2.10. The van der Waals surface area contributed by atoms with E-state index in [4.69, 9.17) is 5.73 Å². The van der Waals surface area contributed by atoms with E-state index in [-0.39, 0.29) is 11.8 Å². The van der Waals surface area contributed by atoms with Crippen LogP contribution >= 0.6 is 31.9 Å². The number of hydrogen-bond acceptors (Lipinski definition) is 2. The van der Waals surface area contributed by atoms with E-state index < -0.39 is 0 Å². The molecule has 2 nitrogen and oxygen atoms in total. The molecule has 1 rings (SSSR count). The van der Waals surface area contributed by atoms with Gasteiger partial charge >= 0.3 is 0 Å². The van der Waals surface area contributed by atoms with Crippen LogP contribution in [0.5, 0.6) is 5.75 Å². The number of hydrogen-bond donors (Lipinski definition) is 2. The van der Waals surface area contributed by atoms with Gasteiger partial charge in [0.15, 0.2) is 0 Å². The quantitative estimate of drug-likeness (QED) is 0.880. The maximum atomic E-state index is 9.68. The first-order valence-corrected chi connectivity index (χ1v) is 5.58. The summed E-state index contributed by atoms with van der Waals surface area (Å²) in [5.74, 6) is 0.234. The Labute approximate surface area is 94.4 Å². The van der Waals surface area contributed by atoms with Gasteiger partial charge in [-0.3, -0.25) is 0 Å². The first-order chi connectivity index (χ1) is 6.06. The SMILES string of the molecule is CC[C@H](N)c1cc(Br)cc(Br)c1O. The van der Waals surface area contributed by atoms with Crippen LogP contribution in [0.3, 0.4) is 0 Å². The number of phenolic OH excluding ortho intramolecular Hbond substituents is 1. The lowest BCUT2D eigenvalue weighted by molar-refractivity contribution is 0.456. The highest BCUT2D eigenvalue weighted by Crippen LogP contribution is 2.35. The molecule has 0 saturated carbocycles. The molecule has 0 fully saturated rings. The van der Waals surface area contributed by atoms with Crippen LogP contribution in [0.25, 0.3) is 0 Å². The normalized spacial score (nSPS) is 12.9. The molecule has 3 N–H and O–H groups in total. The Morgan fingerprint density at radius 2 is 2.08 bits per heavy atom. The van der Waals surface area contributed by atoms with E-state index in [0.717, 1.165) is 16.5 Å². The summed E-state index contributed by atoms with van der Waals surface area (Å²) in [5.41, 5.74) is 6.60. The maximum Gasteiger partial charge on any atom is 0.134 e. The third-order valence-corrected chi connectivity index (χ3v) is 2.96. The number of aromatic hydroxyl groups is 1. The molecule has 0 aliphatic rings.